The van der Waals surface area contributed by atoms with Gasteiger partial charge in [0.05, 0.1) is 7.11 Å². The van der Waals surface area contributed by atoms with Crippen LogP contribution >= 0.6 is 11.6 Å². The first-order valence-corrected chi connectivity index (χ1v) is 6.87. The van der Waals surface area contributed by atoms with Gasteiger partial charge in [0.25, 0.3) is 5.88 Å². The second kappa shape index (κ2) is 6.18. The highest BCUT2D eigenvalue weighted by Crippen LogP contribution is 2.31. The minimum atomic E-state index is -0.248. The van der Waals surface area contributed by atoms with Gasteiger partial charge in [0.2, 0.25) is 0 Å². The van der Waals surface area contributed by atoms with Crippen LogP contribution in [0.2, 0.25) is 5.02 Å². The molecule has 0 fully saturated rings. The number of hydrogen-bond donors (Lipinski definition) is 0. The van der Waals surface area contributed by atoms with Crippen molar-refractivity contribution >= 4 is 17.5 Å². The Balaban J connectivity index is 2.47. The molecule has 1 aromatic heterocycles. The van der Waals surface area contributed by atoms with E-state index in [9.17, 15) is 0 Å². The van der Waals surface area contributed by atoms with Crippen molar-refractivity contribution in [3.8, 4) is 5.75 Å². The first-order chi connectivity index (χ1) is 9.91. The normalized spacial score (nSPS) is 12.8. The van der Waals surface area contributed by atoms with Crippen LogP contribution < -0.4 is 4.74 Å². The molecule has 5 nitrogen and oxygen atoms in total. The molecule has 112 valence electrons. The van der Waals surface area contributed by atoms with Gasteiger partial charge in [-0.2, -0.15) is 9.78 Å². The van der Waals surface area contributed by atoms with Crippen LogP contribution in [0.3, 0.4) is 0 Å². The molecule has 0 spiro atoms. The van der Waals surface area contributed by atoms with Crippen molar-refractivity contribution in [2.24, 2.45) is 5.41 Å². The van der Waals surface area contributed by atoms with Crippen LogP contribution in [0.4, 0.5) is 0 Å². The molecule has 0 aliphatic heterocycles. The summed E-state index contributed by atoms with van der Waals surface area (Å²) in [6.07, 6.45) is 3.01. The molecule has 0 aliphatic rings. The maximum atomic E-state index is 5.95. The number of rotatable bonds is 4. The molecule has 6 heteroatoms. The van der Waals surface area contributed by atoms with E-state index >= 15 is 0 Å². The van der Waals surface area contributed by atoms with Gasteiger partial charge in [0.15, 0.2) is 5.76 Å². The monoisotopic (exact) mass is 307 g/mol. The quantitative estimate of drug-likeness (QED) is 0.806. The van der Waals surface area contributed by atoms with E-state index in [-0.39, 0.29) is 5.41 Å². The second-order valence-corrected chi connectivity index (χ2v) is 5.92. The molecule has 21 heavy (non-hydrogen) atoms. The highest BCUT2D eigenvalue weighted by molar-refractivity contribution is 6.30. The van der Waals surface area contributed by atoms with E-state index in [1.165, 1.54) is 6.33 Å². The van der Waals surface area contributed by atoms with Gasteiger partial charge in [-0.15, -0.1) is 0 Å². The number of benzene rings is 1. The van der Waals surface area contributed by atoms with Gasteiger partial charge >= 0.3 is 0 Å². The van der Waals surface area contributed by atoms with E-state index < -0.39 is 0 Å². The molecule has 0 radical (unpaired) electrons. The molecule has 0 aliphatic carbocycles. The first-order valence-electron chi connectivity index (χ1n) is 6.49. The number of hydrogen-bond acceptors (Lipinski definition) is 4. The molecular formula is C15H18ClN3O2. The topological polar surface area (TPSA) is 49.2 Å². The molecule has 1 heterocycles. The third kappa shape index (κ3) is 3.76. The lowest BCUT2D eigenvalue weighted by Crippen LogP contribution is -2.19. The highest BCUT2D eigenvalue weighted by Gasteiger charge is 2.26. The number of halogens is 1. The van der Waals surface area contributed by atoms with Gasteiger partial charge < -0.3 is 9.47 Å². The number of methoxy groups -OCH3 is 1. The predicted molar refractivity (Wildman–Crippen MR) is 81.8 cm³/mol. The van der Waals surface area contributed by atoms with E-state index in [0.717, 1.165) is 0 Å². The van der Waals surface area contributed by atoms with Crippen LogP contribution in [0, 0.1) is 5.41 Å². The SMILES string of the molecule is CO/C(=C(\Oc1ccc(Cl)cc1)n1cncn1)C(C)(C)C. The summed E-state index contributed by atoms with van der Waals surface area (Å²) in [5.41, 5.74) is -0.248. The average molecular weight is 308 g/mol. The van der Waals surface area contributed by atoms with Crippen molar-refractivity contribution in [1.82, 2.24) is 14.8 Å². The Morgan fingerprint density at radius 3 is 2.33 bits per heavy atom. The molecule has 0 amide bonds. The van der Waals surface area contributed by atoms with Gasteiger partial charge in [-0.05, 0) is 24.3 Å². The standard InChI is InChI=1S/C15H18ClN3O2/c1-15(2,3)13(20-4)14(19-10-17-9-18-19)21-12-7-5-11(16)6-8-12/h5-10H,1-4H3/b14-13-. The maximum absolute atomic E-state index is 5.95. The van der Waals surface area contributed by atoms with Crippen molar-refractivity contribution in [1.29, 1.82) is 0 Å². The van der Waals surface area contributed by atoms with Crippen LogP contribution in [0.15, 0.2) is 42.7 Å². The Bertz CT molecular complexity index is 613. The molecule has 0 saturated heterocycles. The maximum Gasteiger partial charge on any atom is 0.261 e. The Hall–Kier alpha value is -2.01. The minimum Gasteiger partial charge on any atom is -0.495 e. The van der Waals surface area contributed by atoms with Crippen molar-refractivity contribution < 1.29 is 9.47 Å². The van der Waals surface area contributed by atoms with Crippen molar-refractivity contribution in [2.45, 2.75) is 20.8 Å². The fourth-order valence-electron chi connectivity index (χ4n) is 1.84. The molecule has 2 aromatic rings. The van der Waals surface area contributed by atoms with E-state index in [4.69, 9.17) is 21.1 Å². The summed E-state index contributed by atoms with van der Waals surface area (Å²) >= 11 is 5.89. The van der Waals surface area contributed by atoms with Gasteiger partial charge in [0.1, 0.15) is 18.4 Å². The van der Waals surface area contributed by atoms with Gasteiger partial charge in [-0.25, -0.2) is 4.98 Å². The zero-order chi connectivity index (χ0) is 15.5. The summed E-state index contributed by atoms with van der Waals surface area (Å²) in [6, 6.07) is 7.10. The van der Waals surface area contributed by atoms with Crippen molar-refractivity contribution in [3.63, 3.8) is 0 Å². The largest absolute Gasteiger partial charge is 0.495 e. The third-order valence-electron chi connectivity index (χ3n) is 2.73. The molecule has 0 unspecified atom stereocenters. The first kappa shape index (κ1) is 15.4. The molecule has 2 rings (SSSR count). The van der Waals surface area contributed by atoms with Crippen LogP contribution in [0.1, 0.15) is 20.8 Å². The fraction of sp³-hybridized carbons (Fsp3) is 0.333. The van der Waals surface area contributed by atoms with Gasteiger partial charge in [-0.3, -0.25) is 0 Å². The average Bonchev–Trinajstić information content (AvgIpc) is 2.93. The Morgan fingerprint density at radius 1 is 1.19 bits per heavy atom. The number of aromatic nitrogens is 3. The predicted octanol–water partition coefficient (Wildman–Crippen LogP) is 3.83. The summed E-state index contributed by atoms with van der Waals surface area (Å²) in [5, 5.41) is 4.78. The van der Waals surface area contributed by atoms with E-state index in [0.29, 0.717) is 22.4 Å². The summed E-state index contributed by atoms with van der Waals surface area (Å²) in [6.45, 7) is 6.11. The van der Waals surface area contributed by atoms with E-state index in [2.05, 4.69) is 10.1 Å². The minimum absolute atomic E-state index is 0.248. The smallest absolute Gasteiger partial charge is 0.261 e. The second-order valence-electron chi connectivity index (χ2n) is 5.48. The lowest BCUT2D eigenvalue weighted by atomic mass is 9.94. The highest BCUT2D eigenvalue weighted by atomic mass is 35.5. The third-order valence-corrected chi connectivity index (χ3v) is 2.99. The van der Waals surface area contributed by atoms with Crippen LogP contribution in [-0.4, -0.2) is 21.9 Å². The number of nitrogens with zero attached hydrogens (tertiary/aromatic N) is 3. The Morgan fingerprint density at radius 2 is 1.86 bits per heavy atom. The zero-order valence-electron chi connectivity index (χ0n) is 12.5. The molecule has 0 N–H and O–H groups in total. The lowest BCUT2D eigenvalue weighted by Gasteiger charge is -2.24. The van der Waals surface area contributed by atoms with Gasteiger partial charge in [0, 0.05) is 10.4 Å². The van der Waals surface area contributed by atoms with Crippen LogP contribution in [-0.2, 0) is 4.74 Å². The molecular weight excluding hydrogens is 290 g/mol. The molecule has 0 saturated carbocycles. The van der Waals surface area contributed by atoms with Crippen LogP contribution in [0.25, 0.3) is 5.88 Å². The Labute approximate surface area is 129 Å². The summed E-state index contributed by atoms with van der Waals surface area (Å²) in [4.78, 5) is 3.96. The fourth-order valence-corrected chi connectivity index (χ4v) is 1.96. The molecule has 0 atom stereocenters. The molecule has 1 aromatic carbocycles. The number of allylic oxidation sites excluding steroid dienone is 1. The Kier molecular flexibility index (Phi) is 4.53. The summed E-state index contributed by atoms with van der Waals surface area (Å²) < 4.78 is 13.0. The van der Waals surface area contributed by atoms with E-state index in [1.54, 1.807) is 42.4 Å². The summed E-state index contributed by atoms with van der Waals surface area (Å²) in [5.74, 6) is 1.79. The van der Waals surface area contributed by atoms with Crippen molar-refractivity contribution in [2.75, 3.05) is 7.11 Å². The van der Waals surface area contributed by atoms with E-state index in [1.807, 2.05) is 20.8 Å². The molecule has 0 bridgehead atoms. The lowest BCUT2D eigenvalue weighted by molar-refractivity contribution is 0.194. The zero-order valence-corrected chi connectivity index (χ0v) is 13.3. The van der Waals surface area contributed by atoms with Crippen molar-refractivity contribution in [3.05, 3.63) is 47.7 Å². The van der Waals surface area contributed by atoms with Gasteiger partial charge in [-0.1, -0.05) is 32.4 Å². The van der Waals surface area contributed by atoms with Crippen LogP contribution in [0.5, 0.6) is 5.75 Å². The number of ether oxygens (including phenoxy) is 2. The summed E-state index contributed by atoms with van der Waals surface area (Å²) in [7, 11) is 1.61.